The minimum atomic E-state index is -4.41. The summed E-state index contributed by atoms with van der Waals surface area (Å²) in [4.78, 5) is 34.9. The van der Waals surface area contributed by atoms with Crippen LogP contribution in [0.2, 0.25) is 0 Å². The van der Waals surface area contributed by atoms with Crippen LogP contribution in [0.15, 0.2) is 54.0 Å². The molecule has 1 N–H and O–H groups in total. The highest BCUT2D eigenvalue weighted by Gasteiger charge is 2.50. The van der Waals surface area contributed by atoms with Crippen LogP contribution in [0.1, 0.15) is 23.9 Å². The van der Waals surface area contributed by atoms with Gasteiger partial charge in [-0.15, -0.1) is 11.3 Å². The van der Waals surface area contributed by atoms with Gasteiger partial charge in [0.15, 0.2) is 5.54 Å². The molecule has 3 amide bonds. The first-order chi connectivity index (χ1) is 14.2. The Morgan fingerprint density at radius 3 is 2.50 bits per heavy atom. The quantitative estimate of drug-likeness (QED) is 0.628. The van der Waals surface area contributed by atoms with E-state index in [4.69, 9.17) is 0 Å². The zero-order valence-corrected chi connectivity index (χ0v) is 16.4. The molecule has 0 spiro atoms. The number of imide groups is 1. The first-order valence-electron chi connectivity index (χ1n) is 8.86. The third kappa shape index (κ3) is 3.54. The molecule has 1 aromatic carbocycles. The Bertz CT molecular complexity index is 1100. The topological polar surface area (TPSA) is 75.2 Å². The molecule has 1 aliphatic rings. The number of nitrogens with one attached hydrogen (secondary N) is 1. The lowest BCUT2D eigenvalue weighted by Crippen LogP contribution is -2.41. The van der Waals surface area contributed by atoms with Crippen LogP contribution in [-0.2, 0) is 23.1 Å². The molecule has 10 heteroatoms. The number of hydrogen-bond donors (Lipinski definition) is 1. The molecule has 1 atom stereocenters. The number of halogens is 3. The minimum Gasteiger partial charge on any atom is -0.318 e. The fourth-order valence-electron chi connectivity index (χ4n) is 3.15. The van der Waals surface area contributed by atoms with Gasteiger partial charge in [-0.1, -0.05) is 18.2 Å². The van der Waals surface area contributed by atoms with Gasteiger partial charge in [0.25, 0.3) is 5.91 Å². The molecule has 154 valence electrons. The molecule has 0 radical (unpaired) electrons. The van der Waals surface area contributed by atoms with E-state index in [0.717, 1.165) is 17.0 Å². The summed E-state index contributed by atoms with van der Waals surface area (Å²) in [5.41, 5.74) is -0.603. The third-order valence-corrected chi connectivity index (χ3v) is 5.72. The molecule has 4 rings (SSSR count). The molecule has 3 heterocycles. The monoisotopic (exact) mass is 432 g/mol. The van der Waals surface area contributed by atoms with Crippen molar-refractivity contribution in [2.45, 2.75) is 25.2 Å². The number of thiazole rings is 1. The number of rotatable bonds is 4. The van der Waals surface area contributed by atoms with Gasteiger partial charge in [-0.3, -0.25) is 14.7 Å². The largest absolute Gasteiger partial charge is 0.416 e. The first kappa shape index (κ1) is 20.0. The molecule has 6 nitrogen and oxygen atoms in total. The maximum atomic E-state index is 12.9. The van der Waals surface area contributed by atoms with E-state index < -0.39 is 29.2 Å². The van der Waals surface area contributed by atoms with Crippen molar-refractivity contribution in [3.8, 4) is 10.6 Å². The van der Waals surface area contributed by atoms with Crippen LogP contribution in [-0.4, -0.2) is 26.8 Å². The Hall–Kier alpha value is -3.27. The summed E-state index contributed by atoms with van der Waals surface area (Å²) in [6.45, 7) is 1.54. The summed E-state index contributed by atoms with van der Waals surface area (Å²) in [7, 11) is 0. The van der Waals surface area contributed by atoms with E-state index >= 15 is 0 Å². The molecular formula is C20H15F3N4O2S. The highest BCUT2D eigenvalue weighted by Crippen LogP contribution is 2.33. The maximum Gasteiger partial charge on any atom is 0.416 e. The first-order valence-corrected chi connectivity index (χ1v) is 9.74. The van der Waals surface area contributed by atoms with Gasteiger partial charge in [0.2, 0.25) is 0 Å². The van der Waals surface area contributed by atoms with Crippen LogP contribution in [0.5, 0.6) is 0 Å². The van der Waals surface area contributed by atoms with Gasteiger partial charge in [-0.25, -0.2) is 9.78 Å². The van der Waals surface area contributed by atoms with Gasteiger partial charge in [0.1, 0.15) is 5.01 Å². The molecular weight excluding hydrogens is 417 g/mol. The molecule has 0 saturated carbocycles. The maximum absolute atomic E-state index is 12.9. The second-order valence-electron chi connectivity index (χ2n) is 6.88. The molecule has 1 aliphatic heterocycles. The van der Waals surface area contributed by atoms with Crippen molar-refractivity contribution in [3.63, 3.8) is 0 Å². The second-order valence-corrected chi connectivity index (χ2v) is 7.74. The molecule has 1 unspecified atom stereocenters. The van der Waals surface area contributed by atoms with Crippen molar-refractivity contribution in [1.29, 1.82) is 0 Å². The predicted octanol–water partition coefficient (Wildman–Crippen LogP) is 4.19. The molecule has 1 saturated heterocycles. The summed E-state index contributed by atoms with van der Waals surface area (Å²) in [5.74, 6) is -0.449. The van der Waals surface area contributed by atoms with Gasteiger partial charge in [0, 0.05) is 17.1 Å². The highest BCUT2D eigenvalue weighted by atomic mass is 32.1. The summed E-state index contributed by atoms with van der Waals surface area (Å²) < 4.78 is 38.2. The lowest BCUT2D eigenvalue weighted by Gasteiger charge is -2.20. The second kappa shape index (κ2) is 7.21. The molecule has 1 fully saturated rings. The van der Waals surface area contributed by atoms with Crippen LogP contribution in [0, 0.1) is 0 Å². The van der Waals surface area contributed by atoms with Gasteiger partial charge >= 0.3 is 12.2 Å². The van der Waals surface area contributed by atoms with Crippen molar-refractivity contribution in [2.24, 2.45) is 0 Å². The van der Waals surface area contributed by atoms with Crippen LogP contribution < -0.4 is 5.32 Å². The van der Waals surface area contributed by atoms with Gasteiger partial charge in [0.05, 0.1) is 23.5 Å². The molecule has 0 bridgehead atoms. The molecule has 0 aliphatic carbocycles. The zero-order chi connectivity index (χ0) is 21.5. The van der Waals surface area contributed by atoms with Crippen molar-refractivity contribution in [1.82, 2.24) is 20.2 Å². The van der Waals surface area contributed by atoms with Crippen molar-refractivity contribution in [3.05, 3.63) is 71.0 Å². The van der Waals surface area contributed by atoms with Crippen LogP contribution >= 0.6 is 11.3 Å². The van der Waals surface area contributed by atoms with Crippen molar-refractivity contribution in [2.75, 3.05) is 0 Å². The van der Waals surface area contributed by atoms with E-state index in [1.54, 1.807) is 36.7 Å². The van der Waals surface area contributed by atoms with E-state index in [1.165, 1.54) is 23.5 Å². The molecule has 2 aromatic heterocycles. The Morgan fingerprint density at radius 1 is 1.13 bits per heavy atom. The highest BCUT2D eigenvalue weighted by molar-refractivity contribution is 7.13. The minimum absolute atomic E-state index is 0.0514. The van der Waals surface area contributed by atoms with Gasteiger partial charge in [-0.05, 0) is 31.2 Å². The number of urea groups is 1. The summed E-state index contributed by atoms with van der Waals surface area (Å²) in [6.07, 6.45) is -2.87. The van der Waals surface area contributed by atoms with Crippen LogP contribution in [0.4, 0.5) is 18.0 Å². The number of carbonyl (C=O) groups excluding carboxylic acids is 2. The van der Waals surface area contributed by atoms with E-state index in [1.807, 2.05) is 0 Å². The number of nitrogens with zero attached hydrogens (tertiary/aromatic N) is 3. The predicted molar refractivity (Wildman–Crippen MR) is 103 cm³/mol. The van der Waals surface area contributed by atoms with E-state index in [-0.39, 0.29) is 6.54 Å². The number of amides is 3. The summed E-state index contributed by atoms with van der Waals surface area (Å²) >= 11 is 1.22. The van der Waals surface area contributed by atoms with Crippen molar-refractivity contribution < 1.29 is 22.8 Å². The molecule has 3 aromatic rings. The number of carbonyl (C=O) groups is 2. The van der Waals surface area contributed by atoms with E-state index in [0.29, 0.717) is 22.0 Å². The van der Waals surface area contributed by atoms with Gasteiger partial charge in [-0.2, -0.15) is 13.2 Å². The summed E-state index contributed by atoms with van der Waals surface area (Å²) in [5, 5.41) is 4.84. The number of pyridine rings is 1. The van der Waals surface area contributed by atoms with Gasteiger partial charge < -0.3 is 5.32 Å². The smallest absolute Gasteiger partial charge is 0.318 e. The standard InChI is InChI=1S/C20H15F3N4O2S/c1-19(15-4-2-3-9-24-15)17(28)27(18(29)26-19)10-14-11-30-16(25-14)12-5-7-13(8-6-12)20(21,22)23/h2-9,11H,10H2,1H3,(H,26,29). The zero-order valence-electron chi connectivity index (χ0n) is 15.6. The Labute approximate surface area is 173 Å². The lowest BCUT2D eigenvalue weighted by molar-refractivity contribution is -0.137. The average molecular weight is 432 g/mol. The van der Waals surface area contributed by atoms with E-state index in [9.17, 15) is 22.8 Å². The van der Waals surface area contributed by atoms with Crippen molar-refractivity contribution >= 4 is 23.3 Å². The lowest BCUT2D eigenvalue weighted by atomic mass is 9.97. The number of benzene rings is 1. The number of alkyl halides is 3. The normalized spacial score (nSPS) is 19.3. The van der Waals surface area contributed by atoms with Crippen LogP contribution in [0.3, 0.4) is 0 Å². The SMILES string of the molecule is CC1(c2ccccn2)NC(=O)N(Cc2csc(-c3ccc(C(F)(F)F)cc3)n2)C1=O. The molecule has 30 heavy (non-hydrogen) atoms. The Balaban J connectivity index is 1.53. The summed E-state index contributed by atoms with van der Waals surface area (Å²) in [6, 6.07) is 9.22. The third-order valence-electron chi connectivity index (χ3n) is 4.78. The fraction of sp³-hybridized carbons (Fsp3) is 0.200. The Kier molecular flexibility index (Phi) is 4.81. The fourth-order valence-corrected chi connectivity index (χ4v) is 3.97. The number of hydrogen-bond acceptors (Lipinski definition) is 5. The number of aromatic nitrogens is 2. The Morgan fingerprint density at radius 2 is 1.87 bits per heavy atom. The van der Waals surface area contributed by atoms with Crippen LogP contribution in [0.25, 0.3) is 10.6 Å². The average Bonchev–Trinajstić information content (AvgIpc) is 3.27. The van der Waals surface area contributed by atoms with E-state index in [2.05, 4.69) is 15.3 Å².